The van der Waals surface area contributed by atoms with Gasteiger partial charge in [0, 0.05) is 11.5 Å². The Balaban J connectivity index is 3.17. The Morgan fingerprint density at radius 3 is 2.92 bits per heavy atom. The zero-order valence-corrected chi connectivity index (χ0v) is 8.26. The van der Waals surface area contributed by atoms with Crippen LogP contribution in [-0.2, 0) is 5.33 Å². The molecule has 0 aliphatic rings. The molecule has 64 valence electrons. The molecule has 1 rings (SSSR count). The molecule has 0 saturated carbocycles. The second kappa shape index (κ2) is 3.87. The van der Waals surface area contributed by atoms with Gasteiger partial charge in [-0.3, -0.25) is 0 Å². The molecule has 0 aliphatic heterocycles. The Hall–Kier alpha value is -0.610. The van der Waals surface area contributed by atoms with Crippen LogP contribution in [-0.4, -0.2) is 16.1 Å². The molecule has 0 bridgehead atoms. The topological polar surface area (TPSA) is 50.2 Å². The molecule has 0 aromatic carbocycles. The number of rotatable bonds is 2. The largest absolute Gasteiger partial charge is 0.478 e. The van der Waals surface area contributed by atoms with E-state index in [0.717, 1.165) is 5.56 Å². The molecule has 0 amide bonds. The van der Waals surface area contributed by atoms with Gasteiger partial charge in [0.15, 0.2) is 0 Å². The maximum Gasteiger partial charge on any atom is 0.338 e. The van der Waals surface area contributed by atoms with Crippen molar-refractivity contribution in [3.05, 3.63) is 28.5 Å². The number of halogens is 2. The number of hydrogen-bond donors (Lipinski definition) is 1. The molecule has 0 saturated heterocycles. The van der Waals surface area contributed by atoms with Gasteiger partial charge in [-0.25, -0.2) is 9.78 Å². The molecule has 1 aromatic heterocycles. The van der Waals surface area contributed by atoms with Gasteiger partial charge >= 0.3 is 5.97 Å². The molecule has 1 N–H and O–H groups in total. The highest BCUT2D eigenvalue weighted by molar-refractivity contribution is 9.08. The van der Waals surface area contributed by atoms with Gasteiger partial charge in [-0.05, 0) is 11.6 Å². The summed E-state index contributed by atoms with van der Waals surface area (Å²) in [6, 6.07) is 1.49. The first-order valence-corrected chi connectivity index (χ1v) is 4.58. The average Bonchev–Trinajstić information content (AvgIpc) is 2.05. The molecule has 3 nitrogen and oxygen atoms in total. The van der Waals surface area contributed by atoms with Gasteiger partial charge in [-0.2, -0.15) is 0 Å². The summed E-state index contributed by atoms with van der Waals surface area (Å²) < 4.78 is 0. The molecule has 1 aromatic rings. The lowest BCUT2D eigenvalue weighted by molar-refractivity contribution is 0.0696. The van der Waals surface area contributed by atoms with E-state index in [9.17, 15) is 4.79 Å². The highest BCUT2D eigenvalue weighted by Gasteiger charge is 2.09. The van der Waals surface area contributed by atoms with Crippen LogP contribution < -0.4 is 0 Å². The summed E-state index contributed by atoms with van der Waals surface area (Å²) in [6.45, 7) is 0. The molecule has 0 spiro atoms. The fraction of sp³-hybridized carbons (Fsp3) is 0.143. The quantitative estimate of drug-likeness (QED) is 0.647. The van der Waals surface area contributed by atoms with Crippen molar-refractivity contribution in [1.82, 2.24) is 4.98 Å². The molecule has 12 heavy (non-hydrogen) atoms. The van der Waals surface area contributed by atoms with Gasteiger partial charge in [-0.1, -0.05) is 27.5 Å². The van der Waals surface area contributed by atoms with Crippen LogP contribution >= 0.6 is 27.5 Å². The number of alkyl halides is 1. The number of carbonyl (C=O) groups is 1. The van der Waals surface area contributed by atoms with Crippen molar-refractivity contribution in [2.75, 3.05) is 0 Å². The summed E-state index contributed by atoms with van der Waals surface area (Å²) >= 11 is 8.73. The molecule has 0 unspecified atom stereocenters. The molecule has 0 atom stereocenters. The summed E-state index contributed by atoms with van der Waals surface area (Å²) in [5, 5.41) is 9.23. The summed E-state index contributed by atoms with van der Waals surface area (Å²) in [7, 11) is 0. The van der Waals surface area contributed by atoms with Crippen molar-refractivity contribution in [3.63, 3.8) is 0 Å². The zero-order chi connectivity index (χ0) is 9.14. The normalized spacial score (nSPS) is 9.83. The number of nitrogens with zero attached hydrogens (tertiary/aromatic N) is 1. The van der Waals surface area contributed by atoms with E-state index in [1.165, 1.54) is 12.3 Å². The minimum absolute atomic E-state index is 0.0206. The number of pyridine rings is 1. The first-order chi connectivity index (χ1) is 5.65. The van der Waals surface area contributed by atoms with Crippen molar-refractivity contribution in [1.29, 1.82) is 0 Å². The molecule has 0 radical (unpaired) electrons. The van der Waals surface area contributed by atoms with E-state index in [0.29, 0.717) is 5.33 Å². The molecule has 0 aliphatic carbocycles. The minimum Gasteiger partial charge on any atom is -0.478 e. The van der Waals surface area contributed by atoms with Crippen LogP contribution in [0, 0.1) is 0 Å². The van der Waals surface area contributed by atoms with Crippen LogP contribution in [0.1, 0.15) is 15.9 Å². The third kappa shape index (κ3) is 1.95. The predicted octanol–water partition coefficient (Wildman–Crippen LogP) is 2.33. The fourth-order valence-electron chi connectivity index (χ4n) is 0.714. The number of carboxylic acid groups (broad SMARTS) is 1. The summed E-state index contributed by atoms with van der Waals surface area (Å²) in [5.74, 6) is -1.06. The lowest BCUT2D eigenvalue weighted by atomic mass is 10.2. The van der Waals surface area contributed by atoms with Crippen molar-refractivity contribution in [3.8, 4) is 0 Å². The minimum atomic E-state index is -1.06. The zero-order valence-electron chi connectivity index (χ0n) is 5.92. The van der Waals surface area contributed by atoms with Crippen LogP contribution in [0.5, 0.6) is 0 Å². The first kappa shape index (κ1) is 9.48. The molecule has 5 heteroatoms. The summed E-state index contributed by atoms with van der Waals surface area (Å²) in [6.07, 6.45) is 1.53. The Morgan fingerprint density at radius 1 is 1.75 bits per heavy atom. The summed E-state index contributed by atoms with van der Waals surface area (Å²) in [5.41, 5.74) is 0.824. The second-order valence-electron chi connectivity index (χ2n) is 2.12. The highest BCUT2D eigenvalue weighted by atomic mass is 79.9. The Kier molecular flexibility index (Phi) is 3.05. The third-order valence-electron chi connectivity index (χ3n) is 1.28. The molecular formula is C7H5BrClNO2. The standard InChI is InChI=1S/C7H5BrClNO2/c8-2-4-1-5(7(11)12)6(9)10-3-4/h1,3H,2H2,(H,11,12). The van der Waals surface area contributed by atoms with Gasteiger partial charge in [0.05, 0.1) is 5.56 Å². The predicted molar refractivity (Wildman–Crippen MR) is 48.8 cm³/mol. The monoisotopic (exact) mass is 249 g/mol. The van der Waals surface area contributed by atoms with E-state index in [1.54, 1.807) is 0 Å². The maximum absolute atomic E-state index is 10.6. The smallest absolute Gasteiger partial charge is 0.338 e. The highest BCUT2D eigenvalue weighted by Crippen LogP contribution is 2.15. The van der Waals surface area contributed by atoms with Gasteiger partial charge < -0.3 is 5.11 Å². The van der Waals surface area contributed by atoms with Gasteiger partial charge in [-0.15, -0.1) is 0 Å². The van der Waals surface area contributed by atoms with Crippen LogP contribution in [0.3, 0.4) is 0 Å². The number of aromatic carboxylic acids is 1. The van der Waals surface area contributed by atoms with Gasteiger partial charge in [0.1, 0.15) is 5.15 Å². The average molecular weight is 250 g/mol. The van der Waals surface area contributed by atoms with E-state index in [1.807, 2.05) is 0 Å². The van der Waals surface area contributed by atoms with Crippen molar-refractivity contribution in [2.24, 2.45) is 0 Å². The van der Waals surface area contributed by atoms with Crippen LogP contribution in [0.25, 0.3) is 0 Å². The van der Waals surface area contributed by atoms with Crippen molar-refractivity contribution >= 4 is 33.5 Å². The summed E-state index contributed by atoms with van der Waals surface area (Å²) in [4.78, 5) is 14.3. The molecule has 0 fully saturated rings. The van der Waals surface area contributed by atoms with Crippen molar-refractivity contribution < 1.29 is 9.90 Å². The van der Waals surface area contributed by atoms with Crippen LogP contribution in [0.4, 0.5) is 0 Å². The van der Waals surface area contributed by atoms with E-state index in [4.69, 9.17) is 16.7 Å². The third-order valence-corrected chi connectivity index (χ3v) is 2.23. The number of hydrogen-bond acceptors (Lipinski definition) is 2. The number of carboxylic acids is 1. The van der Waals surface area contributed by atoms with E-state index < -0.39 is 5.97 Å². The fourth-order valence-corrected chi connectivity index (χ4v) is 1.21. The SMILES string of the molecule is O=C(O)c1cc(CBr)cnc1Cl. The lowest BCUT2D eigenvalue weighted by Gasteiger charge is -1.99. The van der Waals surface area contributed by atoms with Gasteiger partial charge in [0.2, 0.25) is 0 Å². The van der Waals surface area contributed by atoms with E-state index in [-0.39, 0.29) is 10.7 Å². The van der Waals surface area contributed by atoms with Crippen LogP contribution in [0.15, 0.2) is 12.3 Å². The second-order valence-corrected chi connectivity index (χ2v) is 3.04. The first-order valence-electron chi connectivity index (χ1n) is 3.09. The van der Waals surface area contributed by atoms with E-state index in [2.05, 4.69) is 20.9 Å². The van der Waals surface area contributed by atoms with Crippen molar-refractivity contribution in [2.45, 2.75) is 5.33 Å². The lowest BCUT2D eigenvalue weighted by Crippen LogP contribution is -1.99. The Labute approximate surface area is 82.5 Å². The maximum atomic E-state index is 10.6. The Bertz CT molecular complexity index is 316. The molecule has 1 heterocycles. The van der Waals surface area contributed by atoms with E-state index >= 15 is 0 Å². The Morgan fingerprint density at radius 2 is 2.42 bits per heavy atom. The molecular weight excluding hydrogens is 245 g/mol. The van der Waals surface area contributed by atoms with Gasteiger partial charge in [0.25, 0.3) is 0 Å². The van der Waals surface area contributed by atoms with Crippen LogP contribution in [0.2, 0.25) is 5.15 Å². The number of aromatic nitrogens is 1.